The molecule has 2 rings (SSSR count). The van der Waals surface area contributed by atoms with Crippen molar-refractivity contribution in [3.63, 3.8) is 0 Å². The third-order valence-electron chi connectivity index (χ3n) is 3.54. The van der Waals surface area contributed by atoms with Crippen LogP contribution in [0.15, 0.2) is 20.3 Å². The van der Waals surface area contributed by atoms with Crippen LogP contribution in [-0.2, 0) is 33.3 Å². The largest absolute Gasteiger partial charge is 0.463 e. The van der Waals surface area contributed by atoms with Crippen molar-refractivity contribution in [2.75, 3.05) is 6.61 Å². The minimum absolute atomic E-state index is 0.0275. The van der Waals surface area contributed by atoms with Gasteiger partial charge in [-0.25, -0.2) is 4.79 Å². The lowest BCUT2D eigenvalue weighted by Crippen LogP contribution is -2.42. The number of esters is 3. The van der Waals surface area contributed by atoms with E-state index in [1.165, 1.54) is 6.92 Å². The molecular formula is C15H17BrN2O9. The molecule has 1 fully saturated rings. The monoisotopic (exact) mass is 448 g/mol. The van der Waals surface area contributed by atoms with Crippen molar-refractivity contribution in [2.45, 2.75) is 45.3 Å². The maximum atomic E-state index is 12.2. The topological polar surface area (TPSA) is 143 Å². The van der Waals surface area contributed by atoms with Crippen molar-refractivity contribution < 1.29 is 33.3 Å². The predicted molar refractivity (Wildman–Crippen MR) is 90.7 cm³/mol. The van der Waals surface area contributed by atoms with Gasteiger partial charge in [0.1, 0.15) is 12.7 Å². The van der Waals surface area contributed by atoms with Gasteiger partial charge in [-0.05, 0) is 15.9 Å². The fourth-order valence-corrected chi connectivity index (χ4v) is 2.89. The predicted octanol–water partition coefficient (Wildman–Crippen LogP) is -0.377. The number of halogens is 1. The number of nitrogens with one attached hydrogen (secondary N) is 1. The van der Waals surface area contributed by atoms with Gasteiger partial charge in [0.2, 0.25) is 0 Å². The molecule has 11 nitrogen and oxygen atoms in total. The Morgan fingerprint density at radius 2 is 1.70 bits per heavy atom. The first-order valence-electron chi connectivity index (χ1n) is 7.74. The summed E-state index contributed by atoms with van der Waals surface area (Å²) >= 11 is 3.00. The molecule has 12 heteroatoms. The van der Waals surface area contributed by atoms with Gasteiger partial charge in [-0.3, -0.25) is 28.7 Å². The zero-order valence-electron chi connectivity index (χ0n) is 14.6. The number of carbonyl (C=O) groups excluding carboxylic acids is 3. The van der Waals surface area contributed by atoms with Gasteiger partial charge in [-0.1, -0.05) is 0 Å². The van der Waals surface area contributed by atoms with Gasteiger partial charge < -0.3 is 18.9 Å². The number of aromatic nitrogens is 2. The SMILES string of the molecule is CC(=O)OC[C@H]1O[C@@H](n2cc(Br)c(=O)[nH]c2=O)[C@H](OC(C)=O)[C@H]1OC(C)=O. The minimum Gasteiger partial charge on any atom is -0.463 e. The average Bonchev–Trinajstić information content (AvgIpc) is 2.85. The highest BCUT2D eigenvalue weighted by atomic mass is 79.9. The number of aromatic amines is 1. The molecule has 1 aromatic rings. The Hall–Kier alpha value is -2.47. The van der Waals surface area contributed by atoms with Gasteiger partial charge in [0.25, 0.3) is 5.56 Å². The number of hydrogen-bond acceptors (Lipinski definition) is 9. The Bertz CT molecular complexity index is 862. The zero-order valence-corrected chi connectivity index (χ0v) is 16.2. The first-order valence-corrected chi connectivity index (χ1v) is 8.53. The van der Waals surface area contributed by atoms with E-state index in [-0.39, 0.29) is 11.1 Å². The van der Waals surface area contributed by atoms with Gasteiger partial charge in [0, 0.05) is 27.0 Å². The normalized spacial score (nSPS) is 24.3. The van der Waals surface area contributed by atoms with Crippen LogP contribution in [0.25, 0.3) is 0 Å². The number of hydrogen-bond donors (Lipinski definition) is 1. The van der Waals surface area contributed by atoms with Crippen molar-refractivity contribution >= 4 is 33.8 Å². The summed E-state index contributed by atoms with van der Waals surface area (Å²) in [4.78, 5) is 59.9. The summed E-state index contributed by atoms with van der Waals surface area (Å²) in [6.45, 7) is 3.15. The van der Waals surface area contributed by atoms with E-state index in [9.17, 15) is 24.0 Å². The standard InChI is InChI=1S/C15H17BrN2O9/c1-6(19)24-5-10-11(25-7(2)20)12(26-8(3)21)14(27-10)18-4-9(16)13(22)17-15(18)23/h4,10-12,14H,5H2,1-3H3,(H,17,22,23)/t10-,11+,12-,14-/m1/s1. The molecule has 0 saturated carbocycles. The maximum absolute atomic E-state index is 12.2. The van der Waals surface area contributed by atoms with Crippen LogP contribution < -0.4 is 11.2 Å². The van der Waals surface area contributed by atoms with E-state index in [4.69, 9.17) is 18.9 Å². The van der Waals surface area contributed by atoms with Crippen LogP contribution in [0, 0.1) is 0 Å². The molecule has 27 heavy (non-hydrogen) atoms. The lowest BCUT2D eigenvalue weighted by atomic mass is 10.1. The Balaban J connectivity index is 2.47. The number of carbonyl (C=O) groups is 3. The quantitative estimate of drug-likeness (QED) is 0.470. The van der Waals surface area contributed by atoms with Crippen molar-refractivity contribution in [3.05, 3.63) is 31.5 Å². The van der Waals surface area contributed by atoms with Gasteiger partial charge in [-0.15, -0.1) is 0 Å². The highest BCUT2D eigenvalue weighted by Gasteiger charge is 2.51. The van der Waals surface area contributed by atoms with E-state index in [0.29, 0.717) is 0 Å². The van der Waals surface area contributed by atoms with Crippen molar-refractivity contribution in [1.82, 2.24) is 9.55 Å². The summed E-state index contributed by atoms with van der Waals surface area (Å²) in [6, 6.07) is 0. The number of ether oxygens (including phenoxy) is 4. The maximum Gasteiger partial charge on any atom is 0.330 e. The molecule has 0 aromatic carbocycles. The van der Waals surface area contributed by atoms with Gasteiger partial charge in [-0.2, -0.15) is 0 Å². The molecule has 1 aliphatic heterocycles. The summed E-state index contributed by atoms with van der Waals surface area (Å²) in [6.07, 6.45) is -3.46. The van der Waals surface area contributed by atoms with E-state index >= 15 is 0 Å². The fourth-order valence-electron chi connectivity index (χ4n) is 2.57. The lowest BCUT2D eigenvalue weighted by Gasteiger charge is -2.23. The number of nitrogens with zero attached hydrogens (tertiary/aromatic N) is 1. The van der Waals surface area contributed by atoms with E-state index < -0.39 is 53.7 Å². The summed E-state index contributed by atoms with van der Waals surface area (Å²) in [5, 5.41) is 0. The molecular weight excluding hydrogens is 432 g/mol. The summed E-state index contributed by atoms with van der Waals surface area (Å²) in [5.41, 5.74) is -1.49. The zero-order chi connectivity index (χ0) is 20.3. The molecule has 0 aliphatic carbocycles. The summed E-state index contributed by atoms with van der Waals surface area (Å²) in [7, 11) is 0. The van der Waals surface area contributed by atoms with Gasteiger partial charge >= 0.3 is 23.6 Å². The molecule has 1 N–H and O–H groups in total. The van der Waals surface area contributed by atoms with E-state index in [1.807, 2.05) is 0 Å². The van der Waals surface area contributed by atoms with Crippen LogP contribution in [0.5, 0.6) is 0 Å². The molecule has 0 amide bonds. The van der Waals surface area contributed by atoms with Crippen LogP contribution >= 0.6 is 15.9 Å². The number of rotatable bonds is 5. The summed E-state index contributed by atoms with van der Waals surface area (Å²) < 4.78 is 22.0. The number of H-pyrrole nitrogens is 1. The molecule has 1 aliphatic rings. The highest BCUT2D eigenvalue weighted by molar-refractivity contribution is 9.10. The molecule has 0 spiro atoms. The second-order valence-electron chi connectivity index (χ2n) is 5.66. The molecule has 0 unspecified atom stereocenters. The molecule has 4 atom stereocenters. The second kappa shape index (κ2) is 8.48. The van der Waals surface area contributed by atoms with Crippen LogP contribution in [0.1, 0.15) is 27.0 Å². The smallest absolute Gasteiger partial charge is 0.330 e. The summed E-state index contributed by atoms with van der Waals surface area (Å²) in [5.74, 6) is -2.00. The fraction of sp³-hybridized carbons (Fsp3) is 0.533. The van der Waals surface area contributed by atoms with E-state index in [2.05, 4.69) is 20.9 Å². The van der Waals surface area contributed by atoms with Crippen LogP contribution in [-0.4, -0.2) is 52.4 Å². The third-order valence-corrected chi connectivity index (χ3v) is 4.10. The average molecular weight is 449 g/mol. The van der Waals surface area contributed by atoms with Crippen LogP contribution in [0.3, 0.4) is 0 Å². The molecule has 1 aromatic heterocycles. The molecule has 1 saturated heterocycles. The Kier molecular flexibility index (Phi) is 6.54. The van der Waals surface area contributed by atoms with E-state index in [1.54, 1.807) is 0 Å². The van der Waals surface area contributed by atoms with Crippen LogP contribution in [0.2, 0.25) is 0 Å². The molecule has 148 valence electrons. The van der Waals surface area contributed by atoms with Crippen molar-refractivity contribution in [1.29, 1.82) is 0 Å². The molecule has 0 radical (unpaired) electrons. The first kappa shape index (κ1) is 20.8. The Morgan fingerprint density at radius 3 is 2.26 bits per heavy atom. The second-order valence-corrected chi connectivity index (χ2v) is 6.51. The highest BCUT2D eigenvalue weighted by Crippen LogP contribution is 2.33. The van der Waals surface area contributed by atoms with E-state index in [0.717, 1.165) is 24.6 Å². The van der Waals surface area contributed by atoms with Crippen LogP contribution in [0.4, 0.5) is 0 Å². The van der Waals surface area contributed by atoms with Crippen molar-refractivity contribution in [2.24, 2.45) is 0 Å². The first-order chi connectivity index (χ1) is 12.6. The van der Waals surface area contributed by atoms with Gasteiger partial charge in [0.05, 0.1) is 4.47 Å². The van der Waals surface area contributed by atoms with Crippen molar-refractivity contribution in [3.8, 4) is 0 Å². The van der Waals surface area contributed by atoms with Gasteiger partial charge in [0.15, 0.2) is 18.4 Å². The third kappa shape index (κ3) is 5.04. The molecule has 2 heterocycles. The molecule has 0 bridgehead atoms. The minimum atomic E-state index is -1.24. The lowest BCUT2D eigenvalue weighted by molar-refractivity contribution is -0.166. The Labute approximate surface area is 160 Å². The Morgan fingerprint density at radius 1 is 1.11 bits per heavy atom.